The van der Waals surface area contributed by atoms with Gasteiger partial charge in [-0.3, -0.25) is 4.90 Å². The molecule has 3 heteroatoms. The molecular formula is C12H17FN2. The van der Waals surface area contributed by atoms with Crippen LogP contribution in [0.1, 0.15) is 18.4 Å². The van der Waals surface area contributed by atoms with Crippen LogP contribution in [0.25, 0.3) is 0 Å². The number of rotatable bonds is 5. The predicted octanol–water partition coefficient (Wildman–Crippen LogP) is 2.20. The summed E-state index contributed by atoms with van der Waals surface area (Å²) in [7, 11) is 0. The van der Waals surface area contributed by atoms with E-state index < -0.39 is 0 Å². The van der Waals surface area contributed by atoms with Crippen molar-refractivity contribution in [2.45, 2.75) is 25.4 Å². The first kappa shape index (κ1) is 10.4. The van der Waals surface area contributed by atoms with Gasteiger partial charge in [0.05, 0.1) is 0 Å². The maximum absolute atomic E-state index is 12.3. The largest absolute Gasteiger partial charge is 0.399 e. The van der Waals surface area contributed by atoms with Crippen LogP contribution in [0.5, 0.6) is 0 Å². The average Bonchev–Trinajstić information content (AvgIpc) is 3.04. The average molecular weight is 208 g/mol. The normalized spacial score (nSPS) is 15.9. The zero-order chi connectivity index (χ0) is 10.7. The number of nitrogens with two attached hydrogens (primary N) is 1. The fourth-order valence-corrected chi connectivity index (χ4v) is 1.80. The van der Waals surface area contributed by atoms with Gasteiger partial charge in [-0.15, -0.1) is 0 Å². The van der Waals surface area contributed by atoms with Crippen molar-refractivity contribution in [1.82, 2.24) is 4.90 Å². The zero-order valence-electron chi connectivity index (χ0n) is 8.82. The van der Waals surface area contributed by atoms with Crippen molar-refractivity contribution in [1.29, 1.82) is 0 Å². The molecule has 1 aromatic rings. The number of hydrogen-bond acceptors (Lipinski definition) is 2. The van der Waals surface area contributed by atoms with Gasteiger partial charge < -0.3 is 5.73 Å². The molecule has 2 nitrogen and oxygen atoms in total. The standard InChI is InChI=1S/C12H17FN2/c13-7-8-15(12-5-6-12)9-10-1-3-11(14)4-2-10/h1-4,12H,5-9,14H2. The van der Waals surface area contributed by atoms with E-state index in [4.69, 9.17) is 5.73 Å². The van der Waals surface area contributed by atoms with E-state index in [9.17, 15) is 4.39 Å². The van der Waals surface area contributed by atoms with Gasteiger partial charge in [0, 0.05) is 24.8 Å². The van der Waals surface area contributed by atoms with E-state index in [2.05, 4.69) is 4.90 Å². The van der Waals surface area contributed by atoms with Crippen LogP contribution in [0.2, 0.25) is 0 Å². The second-order valence-electron chi connectivity index (χ2n) is 4.13. The summed E-state index contributed by atoms with van der Waals surface area (Å²) in [5.74, 6) is 0. The van der Waals surface area contributed by atoms with E-state index in [0.717, 1.165) is 12.2 Å². The van der Waals surface area contributed by atoms with Crippen LogP contribution < -0.4 is 5.73 Å². The number of alkyl halides is 1. The second-order valence-corrected chi connectivity index (χ2v) is 4.13. The first-order valence-corrected chi connectivity index (χ1v) is 5.44. The number of hydrogen-bond donors (Lipinski definition) is 1. The molecule has 0 aromatic heterocycles. The Labute approximate surface area is 89.9 Å². The third-order valence-corrected chi connectivity index (χ3v) is 2.80. The molecule has 0 aliphatic heterocycles. The van der Waals surface area contributed by atoms with Crippen molar-refractivity contribution in [3.05, 3.63) is 29.8 Å². The summed E-state index contributed by atoms with van der Waals surface area (Å²) in [6, 6.07) is 8.44. The van der Waals surface area contributed by atoms with Gasteiger partial charge in [-0.25, -0.2) is 4.39 Å². The molecule has 1 aliphatic carbocycles. The third-order valence-electron chi connectivity index (χ3n) is 2.80. The molecule has 0 spiro atoms. The van der Waals surface area contributed by atoms with E-state index in [0.29, 0.717) is 12.6 Å². The summed E-state index contributed by atoms with van der Waals surface area (Å²) < 4.78 is 12.3. The van der Waals surface area contributed by atoms with Crippen LogP contribution in [0.4, 0.5) is 10.1 Å². The van der Waals surface area contributed by atoms with E-state index >= 15 is 0 Å². The van der Waals surface area contributed by atoms with Gasteiger partial charge in [0.25, 0.3) is 0 Å². The van der Waals surface area contributed by atoms with Crippen LogP contribution >= 0.6 is 0 Å². The molecule has 0 heterocycles. The van der Waals surface area contributed by atoms with Crippen molar-refractivity contribution in [3.8, 4) is 0 Å². The Morgan fingerprint density at radius 1 is 1.27 bits per heavy atom. The van der Waals surface area contributed by atoms with Crippen LogP contribution in [-0.4, -0.2) is 24.2 Å². The summed E-state index contributed by atoms with van der Waals surface area (Å²) in [4.78, 5) is 2.21. The molecule has 0 bridgehead atoms. The molecule has 2 rings (SSSR count). The van der Waals surface area contributed by atoms with Crippen LogP contribution in [-0.2, 0) is 6.54 Å². The van der Waals surface area contributed by atoms with Gasteiger partial charge in [0.2, 0.25) is 0 Å². The molecule has 2 N–H and O–H groups in total. The van der Waals surface area contributed by atoms with Crippen LogP contribution in [0.3, 0.4) is 0 Å². The third kappa shape index (κ3) is 2.93. The van der Waals surface area contributed by atoms with Gasteiger partial charge >= 0.3 is 0 Å². The first-order valence-electron chi connectivity index (χ1n) is 5.44. The lowest BCUT2D eigenvalue weighted by atomic mass is 10.2. The summed E-state index contributed by atoms with van der Waals surface area (Å²) in [6.45, 7) is 1.13. The summed E-state index contributed by atoms with van der Waals surface area (Å²) in [5, 5.41) is 0. The fraction of sp³-hybridized carbons (Fsp3) is 0.500. The highest BCUT2D eigenvalue weighted by Crippen LogP contribution is 2.28. The molecular weight excluding hydrogens is 191 g/mol. The summed E-state index contributed by atoms with van der Waals surface area (Å²) >= 11 is 0. The molecule has 0 amide bonds. The molecule has 1 saturated carbocycles. The lowest BCUT2D eigenvalue weighted by Crippen LogP contribution is -2.27. The molecule has 0 unspecified atom stereocenters. The minimum atomic E-state index is -0.258. The van der Waals surface area contributed by atoms with Crippen molar-refractivity contribution >= 4 is 5.69 Å². The van der Waals surface area contributed by atoms with Gasteiger partial charge in [-0.2, -0.15) is 0 Å². The highest BCUT2D eigenvalue weighted by molar-refractivity contribution is 5.39. The molecule has 0 radical (unpaired) electrons. The topological polar surface area (TPSA) is 29.3 Å². The molecule has 1 fully saturated rings. The SMILES string of the molecule is Nc1ccc(CN(CCF)C2CC2)cc1. The molecule has 1 aromatic carbocycles. The Morgan fingerprint density at radius 3 is 2.47 bits per heavy atom. The quantitative estimate of drug-likeness (QED) is 0.752. The monoisotopic (exact) mass is 208 g/mol. The Kier molecular flexibility index (Phi) is 3.21. The van der Waals surface area contributed by atoms with Gasteiger partial charge in [-0.05, 0) is 30.5 Å². The van der Waals surface area contributed by atoms with Crippen molar-refractivity contribution in [2.24, 2.45) is 0 Å². The summed E-state index contributed by atoms with van der Waals surface area (Å²) in [6.07, 6.45) is 2.43. The van der Waals surface area contributed by atoms with Crippen LogP contribution in [0.15, 0.2) is 24.3 Å². The number of benzene rings is 1. The predicted molar refractivity (Wildman–Crippen MR) is 60.3 cm³/mol. The Morgan fingerprint density at radius 2 is 1.93 bits per heavy atom. The lowest BCUT2D eigenvalue weighted by molar-refractivity contribution is 0.231. The second kappa shape index (κ2) is 4.62. The van der Waals surface area contributed by atoms with Crippen molar-refractivity contribution in [3.63, 3.8) is 0 Å². The fourth-order valence-electron chi connectivity index (χ4n) is 1.80. The molecule has 0 atom stereocenters. The maximum Gasteiger partial charge on any atom is 0.102 e. The minimum absolute atomic E-state index is 0.258. The zero-order valence-corrected chi connectivity index (χ0v) is 8.82. The maximum atomic E-state index is 12.3. The first-order chi connectivity index (χ1) is 7.29. The molecule has 15 heavy (non-hydrogen) atoms. The van der Waals surface area contributed by atoms with E-state index in [-0.39, 0.29) is 6.67 Å². The number of halogens is 1. The smallest absolute Gasteiger partial charge is 0.102 e. The minimum Gasteiger partial charge on any atom is -0.399 e. The highest BCUT2D eigenvalue weighted by atomic mass is 19.1. The lowest BCUT2D eigenvalue weighted by Gasteiger charge is -2.20. The van der Waals surface area contributed by atoms with Crippen molar-refractivity contribution < 1.29 is 4.39 Å². The summed E-state index contributed by atoms with van der Waals surface area (Å²) in [5.41, 5.74) is 7.61. The van der Waals surface area contributed by atoms with E-state index in [1.165, 1.54) is 18.4 Å². The van der Waals surface area contributed by atoms with Gasteiger partial charge in [-0.1, -0.05) is 12.1 Å². The molecule has 0 saturated heterocycles. The van der Waals surface area contributed by atoms with Crippen molar-refractivity contribution in [2.75, 3.05) is 19.0 Å². The molecule has 1 aliphatic rings. The Balaban J connectivity index is 1.95. The number of nitrogen functional groups attached to an aromatic ring is 1. The number of anilines is 1. The van der Waals surface area contributed by atoms with E-state index in [1.54, 1.807) is 0 Å². The van der Waals surface area contributed by atoms with Gasteiger partial charge in [0.1, 0.15) is 6.67 Å². The Hall–Kier alpha value is -1.09. The highest BCUT2D eigenvalue weighted by Gasteiger charge is 2.28. The van der Waals surface area contributed by atoms with Gasteiger partial charge in [0.15, 0.2) is 0 Å². The molecule has 82 valence electrons. The van der Waals surface area contributed by atoms with Crippen LogP contribution in [0, 0.1) is 0 Å². The Bertz CT molecular complexity index is 306. The van der Waals surface area contributed by atoms with E-state index in [1.807, 2.05) is 24.3 Å². The number of nitrogens with zero attached hydrogens (tertiary/aromatic N) is 1.